The average Bonchev–Trinajstić information content (AvgIpc) is 2.48. The summed E-state index contributed by atoms with van der Waals surface area (Å²) in [5.74, 6) is 2.18. The van der Waals surface area contributed by atoms with Gasteiger partial charge in [-0.25, -0.2) is 0 Å². The highest BCUT2D eigenvalue weighted by atomic mass is 14.3. The van der Waals surface area contributed by atoms with Crippen molar-refractivity contribution in [2.24, 2.45) is 11.8 Å². The molecule has 0 amide bonds. The van der Waals surface area contributed by atoms with Crippen LogP contribution in [0, 0.1) is 11.8 Å². The van der Waals surface area contributed by atoms with Gasteiger partial charge in [-0.1, -0.05) is 110 Å². The Morgan fingerprint density at radius 3 is 1.60 bits per heavy atom. The summed E-state index contributed by atoms with van der Waals surface area (Å²) in [6, 6.07) is 0. The SMILES string of the molecule is CCCCCCCCC1CCCC(CCCCCC)C1. The molecule has 2 atom stereocenters. The van der Waals surface area contributed by atoms with Crippen molar-refractivity contribution >= 4 is 0 Å². The molecule has 0 aromatic carbocycles. The van der Waals surface area contributed by atoms with Gasteiger partial charge in [0.05, 0.1) is 0 Å². The van der Waals surface area contributed by atoms with Crippen molar-refractivity contribution < 1.29 is 0 Å². The molecule has 120 valence electrons. The lowest BCUT2D eigenvalue weighted by Crippen LogP contribution is -2.15. The van der Waals surface area contributed by atoms with E-state index in [2.05, 4.69) is 13.8 Å². The Balaban J connectivity index is 1.99. The van der Waals surface area contributed by atoms with Crippen LogP contribution in [0.1, 0.15) is 117 Å². The maximum absolute atomic E-state index is 2.32. The van der Waals surface area contributed by atoms with Crippen molar-refractivity contribution in [2.75, 3.05) is 0 Å². The summed E-state index contributed by atoms with van der Waals surface area (Å²) in [7, 11) is 0. The molecule has 0 aromatic heterocycles. The zero-order valence-corrected chi connectivity index (χ0v) is 14.5. The first-order valence-electron chi connectivity index (χ1n) is 9.86. The summed E-state index contributed by atoms with van der Waals surface area (Å²) >= 11 is 0. The van der Waals surface area contributed by atoms with Crippen molar-refractivity contribution in [3.63, 3.8) is 0 Å². The van der Waals surface area contributed by atoms with Crippen LogP contribution in [0.4, 0.5) is 0 Å². The summed E-state index contributed by atoms with van der Waals surface area (Å²) in [5.41, 5.74) is 0. The summed E-state index contributed by atoms with van der Waals surface area (Å²) < 4.78 is 0. The molecule has 0 spiro atoms. The predicted octanol–water partition coefficient (Wildman–Crippen LogP) is 7.51. The zero-order valence-electron chi connectivity index (χ0n) is 14.5. The number of unbranched alkanes of at least 4 members (excludes halogenated alkanes) is 8. The first-order chi connectivity index (χ1) is 9.86. The smallest absolute Gasteiger partial charge is 0.0412 e. The topological polar surface area (TPSA) is 0 Å². The van der Waals surface area contributed by atoms with E-state index in [1.54, 1.807) is 19.3 Å². The Bertz CT molecular complexity index is 196. The van der Waals surface area contributed by atoms with E-state index in [4.69, 9.17) is 0 Å². The fourth-order valence-corrected chi connectivity index (χ4v) is 4.00. The van der Waals surface area contributed by atoms with E-state index in [0.29, 0.717) is 0 Å². The van der Waals surface area contributed by atoms with Crippen LogP contribution in [0.25, 0.3) is 0 Å². The van der Waals surface area contributed by atoms with Gasteiger partial charge in [-0.15, -0.1) is 0 Å². The fourth-order valence-electron chi connectivity index (χ4n) is 4.00. The van der Waals surface area contributed by atoms with Crippen LogP contribution >= 0.6 is 0 Å². The van der Waals surface area contributed by atoms with Gasteiger partial charge in [0, 0.05) is 0 Å². The number of hydrogen-bond acceptors (Lipinski definition) is 0. The molecule has 20 heavy (non-hydrogen) atoms. The maximum atomic E-state index is 2.32. The van der Waals surface area contributed by atoms with Gasteiger partial charge in [-0.3, -0.25) is 0 Å². The van der Waals surface area contributed by atoms with Gasteiger partial charge in [0.25, 0.3) is 0 Å². The van der Waals surface area contributed by atoms with E-state index < -0.39 is 0 Å². The van der Waals surface area contributed by atoms with Crippen molar-refractivity contribution in [1.29, 1.82) is 0 Å². The highest BCUT2D eigenvalue weighted by molar-refractivity contribution is 4.73. The molecule has 0 heteroatoms. The van der Waals surface area contributed by atoms with Crippen LogP contribution in [0.2, 0.25) is 0 Å². The molecule has 0 radical (unpaired) electrons. The van der Waals surface area contributed by atoms with E-state index in [0.717, 1.165) is 11.8 Å². The largest absolute Gasteiger partial charge is 0.0654 e. The minimum atomic E-state index is 1.09. The normalized spacial score (nSPS) is 23.1. The molecule has 0 heterocycles. The second-order valence-electron chi connectivity index (χ2n) is 7.30. The Morgan fingerprint density at radius 2 is 1.05 bits per heavy atom. The van der Waals surface area contributed by atoms with Gasteiger partial charge >= 0.3 is 0 Å². The van der Waals surface area contributed by atoms with Crippen LogP contribution < -0.4 is 0 Å². The molecule has 1 saturated carbocycles. The number of rotatable bonds is 12. The molecule has 1 aliphatic carbocycles. The van der Waals surface area contributed by atoms with Crippen molar-refractivity contribution in [2.45, 2.75) is 117 Å². The van der Waals surface area contributed by atoms with Gasteiger partial charge in [0.15, 0.2) is 0 Å². The van der Waals surface area contributed by atoms with Gasteiger partial charge in [0.2, 0.25) is 0 Å². The Kier molecular flexibility index (Phi) is 11.5. The van der Waals surface area contributed by atoms with Crippen LogP contribution in [0.3, 0.4) is 0 Å². The third kappa shape index (κ3) is 9.03. The first kappa shape index (κ1) is 18.1. The Hall–Kier alpha value is 0. The summed E-state index contributed by atoms with van der Waals surface area (Å²) in [6.07, 6.45) is 23.9. The molecule has 0 bridgehead atoms. The Morgan fingerprint density at radius 1 is 0.600 bits per heavy atom. The van der Waals surface area contributed by atoms with Gasteiger partial charge in [-0.05, 0) is 18.3 Å². The van der Waals surface area contributed by atoms with Crippen molar-refractivity contribution in [3.05, 3.63) is 0 Å². The highest BCUT2D eigenvalue weighted by Gasteiger charge is 2.21. The summed E-state index contributed by atoms with van der Waals surface area (Å²) in [6.45, 7) is 4.62. The molecule has 1 rings (SSSR count). The van der Waals surface area contributed by atoms with Crippen molar-refractivity contribution in [3.8, 4) is 0 Å². The lowest BCUT2D eigenvalue weighted by molar-refractivity contribution is 0.235. The van der Waals surface area contributed by atoms with Crippen LogP contribution in [-0.4, -0.2) is 0 Å². The third-order valence-corrected chi connectivity index (χ3v) is 5.32. The molecule has 0 aliphatic heterocycles. The zero-order chi connectivity index (χ0) is 14.5. The van der Waals surface area contributed by atoms with Gasteiger partial charge in [0.1, 0.15) is 0 Å². The van der Waals surface area contributed by atoms with Crippen LogP contribution in [-0.2, 0) is 0 Å². The Labute approximate surface area is 129 Å². The van der Waals surface area contributed by atoms with Crippen LogP contribution in [0.5, 0.6) is 0 Å². The molecule has 0 aromatic rings. The second kappa shape index (κ2) is 12.7. The predicted molar refractivity (Wildman–Crippen MR) is 92.2 cm³/mol. The van der Waals surface area contributed by atoms with E-state index in [-0.39, 0.29) is 0 Å². The van der Waals surface area contributed by atoms with Gasteiger partial charge < -0.3 is 0 Å². The summed E-state index contributed by atoms with van der Waals surface area (Å²) in [5, 5.41) is 0. The lowest BCUT2D eigenvalue weighted by atomic mass is 9.77. The van der Waals surface area contributed by atoms with E-state index >= 15 is 0 Å². The molecule has 0 nitrogen and oxygen atoms in total. The first-order valence-corrected chi connectivity index (χ1v) is 9.86. The highest BCUT2D eigenvalue weighted by Crippen LogP contribution is 2.35. The quantitative estimate of drug-likeness (QED) is 0.324. The van der Waals surface area contributed by atoms with Crippen LogP contribution in [0.15, 0.2) is 0 Å². The molecule has 1 fully saturated rings. The molecular weight excluding hydrogens is 240 g/mol. The monoisotopic (exact) mass is 280 g/mol. The minimum absolute atomic E-state index is 1.09. The molecule has 0 saturated heterocycles. The number of hydrogen-bond donors (Lipinski definition) is 0. The fraction of sp³-hybridized carbons (Fsp3) is 1.00. The van der Waals surface area contributed by atoms with E-state index in [9.17, 15) is 0 Å². The van der Waals surface area contributed by atoms with E-state index in [1.165, 1.54) is 83.5 Å². The second-order valence-corrected chi connectivity index (χ2v) is 7.30. The standard InChI is InChI=1S/C20H40/c1-3-5-7-9-10-12-15-20-17-13-16-19(18-20)14-11-8-6-4-2/h19-20H,3-18H2,1-2H3. The van der Waals surface area contributed by atoms with Crippen molar-refractivity contribution in [1.82, 2.24) is 0 Å². The molecule has 2 unspecified atom stereocenters. The molecule has 0 N–H and O–H groups in total. The average molecular weight is 281 g/mol. The minimum Gasteiger partial charge on any atom is -0.0654 e. The summed E-state index contributed by atoms with van der Waals surface area (Å²) in [4.78, 5) is 0. The molecular formula is C20H40. The third-order valence-electron chi connectivity index (χ3n) is 5.32. The molecule has 1 aliphatic rings. The van der Waals surface area contributed by atoms with E-state index in [1.807, 2.05) is 0 Å². The lowest BCUT2D eigenvalue weighted by Gasteiger charge is -2.29. The van der Waals surface area contributed by atoms with Gasteiger partial charge in [-0.2, -0.15) is 0 Å². The maximum Gasteiger partial charge on any atom is -0.0412 e.